The molecule has 0 saturated carbocycles. The Morgan fingerprint density at radius 1 is 1.05 bits per heavy atom. The molecule has 1 aromatic heterocycles. The van der Waals surface area contributed by atoms with Crippen LogP contribution in [0.25, 0.3) is 0 Å². The van der Waals surface area contributed by atoms with E-state index >= 15 is 0 Å². The summed E-state index contributed by atoms with van der Waals surface area (Å²) in [4.78, 5) is 2.32. The molecule has 3 rings (SSSR count). The standard InChI is InChI=1S/C18H24N4/c1-13-14(2)18(22-10-8-16(19)9-11-22)21-20-17(13)12-15-6-4-3-5-7-15/h3-7,16H,8-12,19H2,1-2H3. The fourth-order valence-corrected chi connectivity index (χ4v) is 3.01. The van der Waals surface area contributed by atoms with Crippen molar-refractivity contribution in [1.29, 1.82) is 0 Å². The Morgan fingerprint density at radius 2 is 1.73 bits per heavy atom. The highest BCUT2D eigenvalue weighted by Gasteiger charge is 2.20. The minimum absolute atomic E-state index is 0.336. The van der Waals surface area contributed by atoms with E-state index in [1.54, 1.807) is 0 Å². The van der Waals surface area contributed by atoms with Crippen LogP contribution in [0.3, 0.4) is 0 Å². The quantitative estimate of drug-likeness (QED) is 0.946. The van der Waals surface area contributed by atoms with E-state index in [-0.39, 0.29) is 0 Å². The van der Waals surface area contributed by atoms with Crippen molar-refractivity contribution in [3.63, 3.8) is 0 Å². The molecule has 4 nitrogen and oxygen atoms in total. The first-order valence-corrected chi connectivity index (χ1v) is 8.02. The van der Waals surface area contributed by atoms with Crippen molar-refractivity contribution in [2.24, 2.45) is 5.73 Å². The summed E-state index contributed by atoms with van der Waals surface area (Å²) >= 11 is 0. The fraction of sp³-hybridized carbons (Fsp3) is 0.444. The number of anilines is 1. The van der Waals surface area contributed by atoms with Crippen LogP contribution in [0, 0.1) is 13.8 Å². The largest absolute Gasteiger partial charge is 0.355 e. The van der Waals surface area contributed by atoms with Gasteiger partial charge < -0.3 is 10.6 Å². The topological polar surface area (TPSA) is 55.0 Å². The Morgan fingerprint density at radius 3 is 2.41 bits per heavy atom. The SMILES string of the molecule is Cc1c(Cc2ccccc2)nnc(N2CCC(N)CC2)c1C. The first-order valence-electron chi connectivity index (χ1n) is 8.02. The lowest BCUT2D eigenvalue weighted by Crippen LogP contribution is -2.40. The molecule has 0 aliphatic carbocycles. The highest BCUT2D eigenvalue weighted by Crippen LogP contribution is 2.25. The van der Waals surface area contributed by atoms with Crippen molar-refractivity contribution in [3.05, 3.63) is 52.7 Å². The lowest BCUT2D eigenvalue weighted by Gasteiger charge is -2.32. The molecule has 22 heavy (non-hydrogen) atoms. The first-order chi connectivity index (χ1) is 10.6. The van der Waals surface area contributed by atoms with E-state index in [9.17, 15) is 0 Å². The van der Waals surface area contributed by atoms with Gasteiger partial charge in [0.15, 0.2) is 5.82 Å². The van der Waals surface area contributed by atoms with E-state index in [1.165, 1.54) is 16.7 Å². The predicted molar refractivity (Wildman–Crippen MR) is 90.2 cm³/mol. The van der Waals surface area contributed by atoms with Gasteiger partial charge in [0, 0.05) is 25.6 Å². The molecule has 0 radical (unpaired) electrons. The maximum absolute atomic E-state index is 5.99. The second kappa shape index (κ2) is 6.44. The van der Waals surface area contributed by atoms with Crippen LogP contribution in [0.2, 0.25) is 0 Å². The number of hydrogen-bond donors (Lipinski definition) is 1. The van der Waals surface area contributed by atoms with Gasteiger partial charge >= 0.3 is 0 Å². The van der Waals surface area contributed by atoms with E-state index in [1.807, 2.05) is 6.07 Å². The summed E-state index contributed by atoms with van der Waals surface area (Å²) in [5, 5.41) is 9.02. The van der Waals surface area contributed by atoms with E-state index in [0.717, 1.165) is 43.9 Å². The summed E-state index contributed by atoms with van der Waals surface area (Å²) in [6, 6.07) is 10.8. The number of rotatable bonds is 3. The summed E-state index contributed by atoms with van der Waals surface area (Å²) in [6.07, 6.45) is 2.91. The molecule has 0 bridgehead atoms. The average molecular weight is 296 g/mol. The minimum Gasteiger partial charge on any atom is -0.355 e. The molecule has 0 atom stereocenters. The Hall–Kier alpha value is -1.94. The molecule has 1 aromatic carbocycles. The maximum Gasteiger partial charge on any atom is 0.154 e. The molecule has 1 saturated heterocycles. The van der Waals surface area contributed by atoms with Gasteiger partial charge in [-0.15, -0.1) is 5.10 Å². The van der Waals surface area contributed by atoms with Crippen LogP contribution in [-0.4, -0.2) is 29.3 Å². The van der Waals surface area contributed by atoms with E-state index in [2.05, 4.69) is 53.2 Å². The number of benzene rings is 1. The summed E-state index contributed by atoms with van der Waals surface area (Å²) in [6.45, 7) is 6.27. The summed E-state index contributed by atoms with van der Waals surface area (Å²) in [5.74, 6) is 1.03. The molecule has 4 heteroatoms. The van der Waals surface area contributed by atoms with Gasteiger partial charge in [0.2, 0.25) is 0 Å². The average Bonchev–Trinajstić information content (AvgIpc) is 2.54. The summed E-state index contributed by atoms with van der Waals surface area (Å²) in [5.41, 5.74) is 10.8. The molecular weight excluding hydrogens is 272 g/mol. The van der Waals surface area contributed by atoms with Gasteiger partial charge in [-0.25, -0.2) is 0 Å². The molecule has 2 N–H and O–H groups in total. The number of nitrogens with zero attached hydrogens (tertiary/aromatic N) is 3. The van der Waals surface area contributed by atoms with Crippen molar-refractivity contribution >= 4 is 5.82 Å². The van der Waals surface area contributed by atoms with E-state index in [4.69, 9.17) is 5.73 Å². The molecule has 2 aromatic rings. The second-order valence-corrected chi connectivity index (χ2v) is 6.21. The highest BCUT2D eigenvalue weighted by atomic mass is 15.3. The number of hydrogen-bond acceptors (Lipinski definition) is 4. The second-order valence-electron chi connectivity index (χ2n) is 6.21. The van der Waals surface area contributed by atoms with Crippen LogP contribution in [0.4, 0.5) is 5.82 Å². The zero-order chi connectivity index (χ0) is 15.5. The van der Waals surface area contributed by atoms with Crippen molar-refractivity contribution in [2.75, 3.05) is 18.0 Å². The third-order valence-electron chi connectivity index (χ3n) is 4.65. The van der Waals surface area contributed by atoms with E-state index in [0.29, 0.717) is 6.04 Å². The van der Waals surface area contributed by atoms with Gasteiger partial charge in [-0.05, 0) is 43.4 Å². The predicted octanol–water partition coefficient (Wildman–Crippen LogP) is 2.61. The minimum atomic E-state index is 0.336. The Bertz CT molecular complexity index is 631. The van der Waals surface area contributed by atoms with Crippen LogP contribution in [0.15, 0.2) is 30.3 Å². The molecule has 0 unspecified atom stereocenters. The van der Waals surface area contributed by atoms with Crippen molar-refractivity contribution in [2.45, 2.75) is 39.2 Å². The van der Waals surface area contributed by atoms with Crippen LogP contribution in [0.5, 0.6) is 0 Å². The van der Waals surface area contributed by atoms with Crippen molar-refractivity contribution in [3.8, 4) is 0 Å². The summed E-state index contributed by atoms with van der Waals surface area (Å²) < 4.78 is 0. The highest BCUT2D eigenvalue weighted by molar-refractivity contribution is 5.50. The maximum atomic E-state index is 5.99. The molecule has 1 aliphatic heterocycles. The Balaban J connectivity index is 1.82. The molecular formula is C18H24N4. The number of aromatic nitrogens is 2. The van der Waals surface area contributed by atoms with Gasteiger partial charge in [-0.3, -0.25) is 0 Å². The monoisotopic (exact) mass is 296 g/mol. The van der Waals surface area contributed by atoms with Crippen LogP contribution in [0.1, 0.15) is 35.2 Å². The molecule has 0 amide bonds. The van der Waals surface area contributed by atoms with Gasteiger partial charge in [-0.2, -0.15) is 5.10 Å². The van der Waals surface area contributed by atoms with Crippen molar-refractivity contribution in [1.82, 2.24) is 10.2 Å². The Kier molecular flexibility index (Phi) is 4.39. The third-order valence-corrected chi connectivity index (χ3v) is 4.65. The molecule has 2 heterocycles. The van der Waals surface area contributed by atoms with E-state index < -0.39 is 0 Å². The van der Waals surface area contributed by atoms with Gasteiger partial charge in [0.05, 0.1) is 5.69 Å². The smallest absolute Gasteiger partial charge is 0.154 e. The molecule has 116 valence electrons. The number of piperidine rings is 1. The van der Waals surface area contributed by atoms with Gasteiger partial charge in [0.1, 0.15) is 0 Å². The van der Waals surface area contributed by atoms with Crippen molar-refractivity contribution < 1.29 is 0 Å². The van der Waals surface area contributed by atoms with Crippen LogP contribution < -0.4 is 10.6 Å². The fourth-order valence-electron chi connectivity index (χ4n) is 3.01. The van der Waals surface area contributed by atoms with Crippen LogP contribution in [-0.2, 0) is 6.42 Å². The summed E-state index contributed by atoms with van der Waals surface area (Å²) in [7, 11) is 0. The zero-order valence-electron chi connectivity index (χ0n) is 13.4. The van der Waals surface area contributed by atoms with Crippen LogP contribution >= 0.6 is 0 Å². The first kappa shape index (κ1) is 15.0. The lowest BCUT2D eigenvalue weighted by atomic mass is 10.0. The lowest BCUT2D eigenvalue weighted by molar-refractivity contribution is 0.496. The number of nitrogens with two attached hydrogens (primary N) is 1. The van der Waals surface area contributed by atoms with Gasteiger partial charge in [0.25, 0.3) is 0 Å². The molecule has 1 fully saturated rings. The normalized spacial score (nSPS) is 16.0. The van der Waals surface area contributed by atoms with Gasteiger partial charge in [-0.1, -0.05) is 30.3 Å². The third kappa shape index (κ3) is 3.12. The Labute approximate surface area is 132 Å². The zero-order valence-corrected chi connectivity index (χ0v) is 13.4. The molecule has 0 spiro atoms. The molecule has 1 aliphatic rings.